The summed E-state index contributed by atoms with van der Waals surface area (Å²) in [6.07, 6.45) is 0. The maximum atomic E-state index is 12.2. The van der Waals surface area contributed by atoms with Gasteiger partial charge in [-0.25, -0.2) is 0 Å². The first-order valence-electron chi connectivity index (χ1n) is 6.36. The van der Waals surface area contributed by atoms with Gasteiger partial charge in [-0.1, -0.05) is 0 Å². The molecule has 2 N–H and O–H groups in total. The number of rotatable bonds is 3. The standard InChI is InChI=1S/C13H16I3N3O/c1-8-6-19(3-2-17-8)7-12(20)18-13-10(15)4-9(14)5-11(13)16/h4-5,8,17H,2-3,6-7H2,1H3,(H,18,20)/t8-/m1/s1. The number of hydrogen-bond acceptors (Lipinski definition) is 3. The third kappa shape index (κ3) is 4.92. The Kier molecular flexibility index (Phi) is 6.76. The van der Waals surface area contributed by atoms with Gasteiger partial charge in [0.15, 0.2) is 0 Å². The molecule has 0 spiro atoms. The van der Waals surface area contributed by atoms with Crippen LogP contribution in [0.4, 0.5) is 5.69 Å². The van der Waals surface area contributed by atoms with Crippen molar-refractivity contribution >= 4 is 79.4 Å². The van der Waals surface area contributed by atoms with E-state index in [0.717, 1.165) is 32.5 Å². The maximum Gasteiger partial charge on any atom is 0.238 e. The molecule has 20 heavy (non-hydrogen) atoms. The normalized spacial score (nSPS) is 19.9. The highest BCUT2D eigenvalue weighted by atomic mass is 127. The molecular formula is C13H16I3N3O. The van der Waals surface area contributed by atoms with Gasteiger partial charge in [0, 0.05) is 36.4 Å². The number of halogens is 3. The molecule has 4 nitrogen and oxygen atoms in total. The van der Waals surface area contributed by atoms with Crippen molar-refractivity contribution in [2.75, 3.05) is 31.5 Å². The van der Waals surface area contributed by atoms with Crippen LogP contribution in [0, 0.1) is 10.7 Å². The molecule has 2 rings (SSSR count). The van der Waals surface area contributed by atoms with Gasteiger partial charge < -0.3 is 10.6 Å². The van der Waals surface area contributed by atoms with Crippen LogP contribution in [0.5, 0.6) is 0 Å². The first-order chi connectivity index (χ1) is 9.45. The Bertz CT molecular complexity index is 487. The lowest BCUT2D eigenvalue weighted by Crippen LogP contribution is -2.51. The first kappa shape index (κ1) is 17.2. The fourth-order valence-electron chi connectivity index (χ4n) is 2.20. The van der Waals surface area contributed by atoms with Crippen molar-refractivity contribution in [1.29, 1.82) is 0 Å². The molecule has 1 fully saturated rings. The highest BCUT2D eigenvalue weighted by molar-refractivity contribution is 14.1. The van der Waals surface area contributed by atoms with Gasteiger partial charge in [-0.05, 0) is 86.8 Å². The van der Waals surface area contributed by atoms with Gasteiger partial charge in [0.05, 0.1) is 12.2 Å². The summed E-state index contributed by atoms with van der Waals surface area (Å²) in [7, 11) is 0. The summed E-state index contributed by atoms with van der Waals surface area (Å²) in [6, 6.07) is 4.60. The van der Waals surface area contributed by atoms with Gasteiger partial charge in [-0.2, -0.15) is 0 Å². The zero-order valence-electron chi connectivity index (χ0n) is 11.0. The summed E-state index contributed by atoms with van der Waals surface area (Å²) < 4.78 is 3.35. The van der Waals surface area contributed by atoms with Gasteiger partial charge in [0.1, 0.15) is 0 Å². The predicted octanol–water partition coefficient (Wildman–Crippen LogP) is 2.73. The first-order valence-corrected chi connectivity index (χ1v) is 9.59. The topological polar surface area (TPSA) is 44.4 Å². The zero-order chi connectivity index (χ0) is 14.7. The van der Waals surface area contributed by atoms with Crippen molar-refractivity contribution in [3.05, 3.63) is 22.8 Å². The Morgan fingerprint density at radius 1 is 1.40 bits per heavy atom. The second-order valence-corrected chi connectivity index (χ2v) is 8.45. The second kappa shape index (κ2) is 7.88. The van der Waals surface area contributed by atoms with E-state index in [0.29, 0.717) is 12.6 Å². The van der Waals surface area contributed by atoms with Gasteiger partial charge in [0.25, 0.3) is 0 Å². The summed E-state index contributed by atoms with van der Waals surface area (Å²) in [5.74, 6) is 0.0659. The van der Waals surface area contributed by atoms with Crippen molar-refractivity contribution < 1.29 is 4.79 Å². The van der Waals surface area contributed by atoms with E-state index >= 15 is 0 Å². The number of anilines is 1. The minimum atomic E-state index is 0.0659. The molecule has 7 heteroatoms. The molecule has 1 atom stereocenters. The monoisotopic (exact) mass is 611 g/mol. The van der Waals surface area contributed by atoms with E-state index < -0.39 is 0 Å². The highest BCUT2D eigenvalue weighted by Crippen LogP contribution is 2.27. The van der Waals surface area contributed by atoms with Gasteiger partial charge in [-0.3, -0.25) is 9.69 Å². The lowest BCUT2D eigenvalue weighted by molar-refractivity contribution is -0.117. The molecule has 0 bridgehead atoms. The molecule has 1 aromatic carbocycles. The summed E-state index contributed by atoms with van der Waals surface area (Å²) in [5, 5.41) is 6.43. The lowest BCUT2D eigenvalue weighted by Gasteiger charge is -2.31. The fraction of sp³-hybridized carbons (Fsp3) is 0.462. The summed E-state index contributed by atoms with van der Waals surface area (Å²) in [5.41, 5.74) is 0.930. The molecule has 1 aliphatic rings. The number of piperazine rings is 1. The number of hydrogen-bond donors (Lipinski definition) is 2. The van der Waals surface area contributed by atoms with E-state index in [1.165, 1.54) is 3.57 Å². The number of carbonyl (C=O) groups excluding carboxylic acids is 1. The molecule has 1 aliphatic heterocycles. The maximum absolute atomic E-state index is 12.2. The highest BCUT2D eigenvalue weighted by Gasteiger charge is 2.19. The molecule has 0 saturated carbocycles. The molecule has 1 heterocycles. The Balaban J connectivity index is 1.98. The number of nitrogens with one attached hydrogen (secondary N) is 2. The molecule has 0 radical (unpaired) electrons. The van der Waals surface area contributed by atoms with Crippen LogP contribution >= 0.6 is 67.8 Å². The summed E-state index contributed by atoms with van der Waals surface area (Å²) >= 11 is 6.83. The predicted molar refractivity (Wildman–Crippen MR) is 107 cm³/mol. The van der Waals surface area contributed by atoms with Crippen LogP contribution in [-0.2, 0) is 4.79 Å². The average molecular weight is 611 g/mol. The molecule has 1 aromatic rings. The SMILES string of the molecule is C[C@@H]1CN(CC(=O)Nc2c(I)cc(I)cc2I)CCN1. The average Bonchev–Trinajstić information content (AvgIpc) is 2.33. The second-order valence-electron chi connectivity index (χ2n) is 4.88. The Labute approximate surface area is 160 Å². The van der Waals surface area contributed by atoms with Crippen LogP contribution in [-0.4, -0.2) is 43.0 Å². The van der Waals surface area contributed by atoms with E-state index in [1.807, 2.05) is 0 Å². The van der Waals surface area contributed by atoms with Crippen LogP contribution < -0.4 is 10.6 Å². The van der Waals surface area contributed by atoms with Crippen molar-refractivity contribution in [1.82, 2.24) is 10.2 Å². The molecule has 0 unspecified atom stereocenters. The Morgan fingerprint density at radius 2 is 2.05 bits per heavy atom. The van der Waals surface area contributed by atoms with E-state index in [-0.39, 0.29) is 5.91 Å². The Morgan fingerprint density at radius 3 is 2.65 bits per heavy atom. The number of amides is 1. The molecule has 1 amide bonds. The number of carbonyl (C=O) groups is 1. The number of nitrogens with zero attached hydrogens (tertiary/aromatic N) is 1. The zero-order valence-corrected chi connectivity index (χ0v) is 17.5. The molecule has 0 aliphatic carbocycles. The van der Waals surface area contributed by atoms with Crippen molar-refractivity contribution in [3.63, 3.8) is 0 Å². The van der Waals surface area contributed by atoms with Crippen LogP contribution in [0.15, 0.2) is 12.1 Å². The third-order valence-corrected chi connectivity index (χ3v) is 5.42. The molecule has 0 aromatic heterocycles. The number of benzene rings is 1. The van der Waals surface area contributed by atoms with E-state index in [2.05, 4.69) is 102 Å². The fourth-order valence-corrected chi connectivity index (χ4v) is 6.05. The van der Waals surface area contributed by atoms with Crippen molar-refractivity contribution in [2.24, 2.45) is 0 Å². The van der Waals surface area contributed by atoms with Crippen molar-refractivity contribution in [3.8, 4) is 0 Å². The van der Waals surface area contributed by atoms with Crippen LogP contribution in [0.25, 0.3) is 0 Å². The van der Waals surface area contributed by atoms with Crippen molar-refractivity contribution in [2.45, 2.75) is 13.0 Å². The Hall–Kier alpha value is 0.800. The third-order valence-electron chi connectivity index (χ3n) is 3.09. The lowest BCUT2D eigenvalue weighted by atomic mass is 10.2. The van der Waals surface area contributed by atoms with E-state index in [4.69, 9.17) is 0 Å². The summed E-state index contributed by atoms with van der Waals surface area (Å²) in [6.45, 7) is 5.42. The molecule has 110 valence electrons. The largest absolute Gasteiger partial charge is 0.323 e. The quantitative estimate of drug-likeness (QED) is 0.518. The summed E-state index contributed by atoms with van der Waals surface area (Å²) in [4.78, 5) is 14.4. The van der Waals surface area contributed by atoms with Crippen LogP contribution in [0.2, 0.25) is 0 Å². The minimum Gasteiger partial charge on any atom is -0.323 e. The molecular weight excluding hydrogens is 595 g/mol. The smallest absolute Gasteiger partial charge is 0.238 e. The van der Waals surface area contributed by atoms with E-state index in [1.54, 1.807) is 0 Å². The molecule has 1 saturated heterocycles. The van der Waals surface area contributed by atoms with Gasteiger partial charge >= 0.3 is 0 Å². The minimum absolute atomic E-state index is 0.0659. The van der Waals surface area contributed by atoms with Gasteiger partial charge in [0.2, 0.25) is 5.91 Å². The van der Waals surface area contributed by atoms with E-state index in [9.17, 15) is 4.79 Å². The van der Waals surface area contributed by atoms with Crippen LogP contribution in [0.1, 0.15) is 6.92 Å². The van der Waals surface area contributed by atoms with Crippen LogP contribution in [0.3, 0.4) is 0 Å². The van der Waals surface area contributed by atoms with Gasteiger partial charge in [-0.15, -0.1) is 0 Å².